The van der Waals surface area contributed by atoms with Gasteiger partial charge in [-0.1, -0.05) is 35.2 Å². The van der Waals surface area contributed by atoms with Crippen LogP contribution in [-0.2, 0) is 4.79 Å². The van der Waals surface area contributed by atoms with Gasteiger partial charge >= 0.3 is 0 Å². The highest BCUT2D eigenvalue weighted by molar-refractivity contribution is 8.00. The van der Waals surface area contributed by atoms with E-state index in [9.17, 15) is 14.7 Å². The molecule has 1 atom stereocenters. The van der Waals surface area contributed by atoms with E-state index < -0.39 is 23.5 Å². The third kappa shape index (κ3) is 3.47. The third-order valence-electron chi connectivity index (χ3n) is 4.41. The number of hydrogen-bond acceptors (Lipinski definition) is 9. The van der Waals surface area contributed by atoms with E-state index in [0.717, 1.165) is 4.90 Å². The van der Waals surface area contributed by atoms with Crippen molar-refractivity contribution in [3.8, 4) is 0 Å². The van der Waals surface area contributed by atoms with Crippen LogP contribution < -0.4 is 4.90 Å². The van der Waals surface area contributed by atoms with Crippen LogP contribution in [0.4, 0.5) is 5.13 Å². The lowest BCUT2D eigenvalue weighted by Crippen LogP contribution is -2.31. The van der Waals surface area contributed by atoms with Gasteiger partial charge in [0.1, 0.15) is 0 Å². The first kappa shape index (κ1) is 19.7. The van der Waals surface area contributed by atoms with Crippen LogP contribution in [0, 0.1) is 0 Å². The van der Waals surface area contributed by atoms with Crippen molar-refractivity contribution in [3.05, 3.63) is 65.3 Å². The second kappa shape index (κ2) is 8.05. The van der Waals surface area contributed by atoms with E-state index >= 15 is 0 Å². The maximum Gasteiger partial charge on any atom is 0.296 e. The van der Waals surface area contributed by atoms with Gasteiger partial charge in [0.2, 0.25) is 10.9 Å². The summed E-state index contributed by atoms with van der Waals surface area (Å²) in [6, 6.07) is 9.72. The maximum absolute atomic E-state index is 13.1. The molecule has 0 radical (unpaired) electrons. The van der Waals surface area contributed by atoms with E-state index in [1.54, 1.807) is 17.8 Å². The van der Waals surface area contributed by atoms with Crippen LogP contribution in [0.5, 0.6) is 0 Å². The van der Waals surface area contributed by atoms with Gasteiger partial charge in [0.15, 0.2) is 15.9 Å². The normalized spacial score (nSPS) is 16.7. The molecule has 0 spiro atoms. The Morgan fingerprint density at radius 1 is 1.17 bits per heavy atom. The Bertz CT molecular complexity index is 1090. The Hall–Kier alpha value is -2.56. The first-order valence-corrected chi connectivity index (χ1v) is 11.7. The molecule has 7 nitrogen and oxygen atoms in total. The van der Waals surface area contributed by atoms with Gasteiger partial charge in [-0.3, -0.25) is 14.5 Å². The van der Waals surface area contributed by atoms with E-state index in [-0.39, 0.29) is 11.3 Å². The van der Waals surface area contributed by atoms with Crippen LogP contribution in [0.15, 0.2) is 67.6 Å². The van der Waals surface area contributed by atoms with Gasteiger partial charge in [0, 0.05) is 4.90 Å². The molecule has 10 heteroatoms. The van der Waals surface area contributed by atoms with E-state index in [1.165, 1.54) is 40.3 Å². The van der Waals surface area contributed by atoms with E-state index in [2.05, 4.69) is 10.2 Å². The van der Waals surface area contributed by atoms with Crippen molar-refractivity contribution in [1.82, 2.24) is 10.2 Å². The van der Waals surface area contributed by atoms with Crippen LogP contribution in [0.25, 0.3) is 0 Å². The Morgan fingerprint density at radius 3 is 2.52 bits per heavy atom. The summed E-state index contributed by atoms with van der Waals surface area (Å²) >= 11 is 4.21. The number of ketones is 1. The molecule has 1 amide bonds. The Morgan fingerprint density at radius 2 is 1.93 bits per heavy atom. The van der Waals surface area contributed by atoms with Crippen molar-refractivity contribution < 1.29 is 19.1 Å². The highest BCUT2D eigenvalue weighted by Gasteiger charge is 2.46. The number of Topliss-reactive ketones (excluding diaryl/α,β-unsaturated/α-hetero) is 1. The molecule has 29 heavy (non-hydrogen) atoms. The largest absolute Gasteiger partial charge is 0.503 e. The van der Waals surface area contributed by atoms with Crippen molar-refractivity contribution in [2.45, 2.75) is 15.3 Å². The second-order valence-corrected chi connectivity index (χ2v) is 8.86. The average Bonchev–Trinajstić information content (AvgIpc) is 3.48. The van der Waals surface area contributed by atoms with Crippen molar-refractivity contribution in [1.29, 1.82) is 0 Å². The first-order chi connectivity index (χ1) is 14.0. The zero-order valence-electron chi connectivity index (χ0n) is 15.4. The van der Waals surface area contributed by atoms with Crippen LogP contribution in [0.3, 0.4) is 0 Å². The topological polar surface area (TPSA) is 96.5 Å². The summed E-state index contributed by atoms with van der Waals surface area (Å²) in [5.74, 6) is -1.79. The van der Waals surface area contributed by atoms with Gasteiger partial charge in [-0.25, -0.2) is 0 Å². The lowest BCUT2D eigenvalue weighted by molar-refractivity contribution is -0.117. The average molecular weight is 446 g/mol. The number of carbonyl (C=O) groups is 2. The van der Waals surface area contributed by atoms with Crippen molar-refractivity contribution in [3.63, 3.8) is 0 Å². The molecule has 0 bridgehead atoms. The monoisotopic (exact) mass is 445 g/mol. The lowest BCUT2D eigenvalue weighted by Gasteiger charge is -2.24. The standard InChI is InChI=1S/C19H15N3O4S3/c1-27-11-7-5-10(6-8-11)14-13(15(23)12-4-3-9-26-12)16(24)17(25)22(14)18-20-21-19(28-2)29-18/h3-9,14,24H,1-2H3/t14-/m1/s1. The molecule has 3 heterocycles. The lowest BCUT2D eigenvalue weighted by atomic mass is 9.95. The number of nitrogens with zero attached hydrogens (tertiary/aromatic N) is 3. The van der Waals surface area contributed by atoms with Crippen molar-refractivity contribution in [2.75, 3.05) is 17.4 Å². The predicted molar refractivity (Wildman–Crippen MR) is 113 cm³/mol. The van der Waals surface area contributed by atoms with Gasteiger partial charge < -0.3 is 9.52 Å². The minimum absolute atomic E-state index is 0.0391. The van der Waals surface area contributed by atoms with Gasteiger partial charge in [-0.2, -0.15) is 0 Å². The van der Waals surface area contributed by atoms with E-state index in [1.807, 2.05) is 36.8 Å². The molecule has 4 rings (SSSR count). The molecule has 148 valence electrons. The molecule has 1 N–H and O–H groups in total. The Kier molecular flexibility index (Phi) is 5.48. The predicted octanol–water partition coefficient (Wildman–Crippen LogP) is 4.36. The summed E-state index contributed by atoms with van der Waals surface area (Å²) in [6.07, 6.45) is 5.19. The number of thioether (sulfide) groups is 2. The number of hydrogen-bond donors (Lipinski definition) is 1. The second-order valence-electron chi connectivity index (χ2n) is 5.97. The molecule has 0 saturated heterocycles. The van der Waals surface area contributed by atoms with Gasteiger partial charge in [-0.15, -0.1) is 22.0 Å². The summed E-state index contributed by atoms with van der Waals surface area (Å²) in [5.41, 5.74) is 0.638. The molecule has 0 unspecified atom stereocenters. The van der Waals surface area contributed by atoms with Gasteiger partial charge in [0.05, 0.1) is 17.9 Å². The summed E-state index contributed by atoms with van der Waals surface area (Å²) in [6.45, 7) is 0. The number of amides is 1. The Balaban J connectivity index is 1.85. The van der Waals surface area contributed by atoms with Crippen LogP contribution >= 0.6 is 34.9 Å². The number of aromatic nitrogens is 2. The molecule has 1 aliphatic rings. The summed E-state index contributed by atoms with van der Waals surface area (Å²) in [7, 11) is 0. The minimum atomic E-state index is -0.835. The molecule has 0 aliphatic carbocycles. The van der Waals surface area contributed by atoms with Crippen LogP contribution in [-0.4, -0.2) is 39.5 Å². The number of carbonyl (C=O) groups excluding carboxylic acids is 2. The SMILES string of the molecule is CSc1ccc([C@@H]2C(C(=O)c3ccco3)=C(O)C(=O)N2c2nnc(SC)s2)cc1. The molecule has 2 aromatic heterocycles. The fourth-order valence-electron chi connectivity index (χ4n) is 3.06. The fourth-order valence-corrected chi connectivity index (χ4v) is 4.75. The Labute approximate surface area is 178 Å². The first-order valence-electron chi connectivity index (χ1n) is 8.41. The highest BCUT2D eigenvalue weighted by atomic mass is 32.2. The molecule has 0 saturated carbocycles. The summed E-state index contributed by atoms with van der Waals surface area (Å²) < 4.78 is 5.89. The smallest absolute Gasteiger partial charge is 0.296 e. The fraction of sp³-hybridized carbons (Fsp3) is 0.158. The zero-order chi connectivity index (χ0) is 20.5. The van der Waals surface area contributed by atoms with E-state index in [0.29, 0.717) is 15.0 Å². The number of rotatable bonds is 6. The van der Waals surface area contributed by atoms with Gasteiger partial charge in [-0.05, 0) is 42.3 Å². The molecule has 1 aliphatic heterocycles. The number of aliphatic hydroxyl groups is 1. The van der Waals surface area contributed by atoms with Crippen molar-refractivity contribution in [2.24, 2.45) is 0 Å². The summed E-state index contributed by atoms with van der Waals surface area (Å²) in [4.78, 5) is 28.4. The zero-order valence-corrected chi connectivity index (χ0v) is 17.8. The third-order valence-corrected chi connectivity index (χ3v) is 7.05. The summed E-state index contributed by atoms with van der Waals surface area (Å²) in [5, 5.41) is 19.1. The van der Waals surface area contributed by atoms with Crippen molar-refractivity contribution >= 4 is 51.7 Å². The number of benzene rings is 1. The quantitative estimate of drug-likeness (QED) is 0.340. The highest BCUT2D eigenvalue weighted by Crippen LogP contribution is 2.43. The molecule has 0 fully saturated rings. The van der Waals surface area contributed by atoms with Gasteiger partial charge in [0.25, 0.3) is 5.91 Å². The van der Waals surface area contributed by atoms with Crippen LogP contribution in [0.2, 0.25) is 0 Å². The number of anilines is 1. The van der Waals surface area contributed by atoms with E-state index in [4.69, 9.17) is 4.42 Å². The molecular formula is C19H15N3O4S3. The van der Waals surface area contributed by atoms with Crippen LogP contribution in [0.1, 0.15) is 22.2 Å². The maximum atomic E-state index is 13.1. The molecule has 1 aromatic carbocycles. The molecular weight excluding hydrogens is 430 g/mol. The minimum Gasteiger partial charge on any atom is -0.503 e. The number of furan rings is 1. The molecule has 3 aromatic rings. The number of aliphatic hydroxyl groups excluding tert-OH is 1.